The molecule has 1 aromatic heterocycles. The van der Waals surface area contributed by atoms with Crippen LogP contribution in [-0.4, -0.2) is 42.5 Å². The summed E-state index contributed by atoms with van der Waals surface area (Å²) >= 11 is 1.40. The van der Waals surface area contributed by atoms with Crippen LogP contribution in [0, 0.1) is 0 Å². The van der Waals surface area contributed by atoms with E-state index in [1.165, 1.54) is 18.4 Å². The second-order valence-electron chi connectivity index (χ2n) is 4.75. The number of aromatic nitrogens is 1. The summed E-state index contributed by atoms with van der Waals surface area (Å²) in [5.74, 6) is 0.250. The van der Waals surface area contributed by atoms with E-state index in [-0.39, 0.29) is 11.9 Å². The van der Waals surface area contributed by atoms with E-state index in [1.54, 1.807) is 17.5 Å². The van der Waals surface area contributed by atoms with Crippen molar-refractivity contribution in [2.24, 2.45) is 0 Å². The fraction of sp³-hybridized carbons (Fsp3) is 0.615. The van der Waals surface area contributed by atoms with Crippen molar-refractivity contribution in [3.8, 4) is 0 Å². The van der Waals surface area contributed by atoms with Crippen LogP contribution in [0.5, 0.6) is 0 Å². The standard InChI is InChI=1S/C13H18N2O3S/c1-15(7-3-4-10(16)18-2)13(17)12-11(9-5-6-9)14-8-19-12/h8-9H,3-7H2,1-2H3. The molecule has 0 aromatic carbocycles. The summed E-state index contributed by atoms with van der Waals surface area (Å²) in [6.45, 7) is 0.552. The van der Waals surface area contributed by atoms with Crippen LogP contribution in [0.25, 0.3) is 0 Å². The first-order chi connectivity index (χ1) is 9.13. The monoisotopic (exact) mass is 282 g/mol. The molecule has 0 saturated heterocycles. The largest absolute Gasteiger partial charge is 0.469 e. The van der Waals surface area contributed by atoms with Gasteiger partial charge in [-0.2, -0.15) is 0 Å². The van der Waals surface area contributed by atoms with Crippen LogP contribution in [0.4, 0.5) is 0 Å². The molecule has 0 radical (unpaired) electrons. The quantitative estimate of drug-likeness (QED) is 0.749. The maximum absolute atomic E-state index is 12.3. The third-order valence-corrected chi connectivity index (χ3v) is 4.03. The summed E-state index contributed by atoms with van der Waals surface area (Å²) in [7, 11) is 3.13. The van der Waals surface area contributed by atoms with Gasteiger partial charge in [0.05, 0.1) is 18.3 Å². The molecule has 0 bridgehead atoms. The Morgan fingerprint density at radius 1 is 1.53 bits per heavy atom. The predicted molar refractivity (Wildman–Crippen MR) is 72.3 cm³/mol. The van der Waals surface area contributed by atoms with Crippen molar-refractivity contribution in [1.82, 2.24) is 9.88 Å². The number of thiazole rings is 1. The molecule has 6 heteroatoms. The van der Waals surface area contributed by atoms with Gasteiger partial charge in [-0.05, 0) is 19.3 Å². The Hall–Kier alpha value is -1.43. The fourth-order valence-electron chi connectivity index (χ4n) is 1.90. The molecule has 1 fully saturated rings. The molecular formula is C13H18N2O3S. The number of ether oxygens (including phenoxy) is 1. The van der Waals surface area contributed by atoms with Gasteiger partial charge in [-0.3, -0.25) is 9.59 Å². The van der Waals surface area contributed by atoms with Crippen molar-refractivity contribution < 1.29 is 14.3 Å². The number of carbonyl (C=O) groups is 2. The molecule has 1 aromatic rings. The molecule has 1 aliphatic rings. The number of hydrogen-bond donors (Lipinski definition) is 0. The lowest BCUT2D eigenvalue weighted by atomic mass is 10.2. The fourth-order valence-corrected chi connectivity index (χ4v) is 2.77. The van der Waals surface area contributed by atoms with Gasteiger partial charge in [0, 0.05) is 25.9 Å². The third kappa shape index (κ3) is 3.53. The molecule has 0 unspecified atom stereocenters. The Labute approximate surface area is 116 Å². The van der Waals surface area contributed by atoms with Crippen LogP contribution < -0.4 is 0 Å². The molecule has 19 heavy (non-hydrogen) atoms. The molecule has 5 nitrogen and oxygen atoms in total. The van der Waals surface area contributed by atoms with E-state index in [4.69, 9.17) is 0 Å². The molecule has 1 amide bonds. The number of methoxy groups -OCH3 is 1. The van der Waals surface area contributed by atoms with Crippen LogP contribution >= 0.6 is 11.3 Å². The molecule has 0 atom stereocenters. The maximum Gasteiger partial charge on any atom is 0.305 e. The van der Waals surface area contributed by atoms with Crippen molar-refractivity contribution in [3.63, 3.8) is 0 Å². The van der Waals surface area contributed by atoms with Gasteiger partial charge in [-0.25, -0.2) is 4.98 Å². The number of rotatable bonds is 6. The minimum Gasteiger partial charge on any atom is -0.469 e. The summed E-state index contributed by atoms with van der Waals surface area (Å²) < 4.78 is 4.57. The molecule has 1 heterocycles. The van der Waals surface area contributed by atoms with Gasteiger partial charge in [0.15, 0.2) is 0 Å². The molecule has 0 aliphatic heterocycles. The highest BCUT2D eigenvalue weighted by molar-refractivity contribution is 7.11. The molecule has 0 N–H and O–H groups in total. The SMILES string of the molecule is COC(=O)CCCN(C)C(=O)c1scnc1C1CC1. The number of hydrogen-bond acceptors (Lipinski definition) is 5. The van der Waals surface area contributed by atoms with E-state index in [2.05, 4.69) is 9.72 Å². The zero-order chi connectivity index (χ0) is 13.8. The summed E-state index contributed by atoms with van der Waals surface area (Å²) in [4.78, 5) is 30.0. The van der Waals surface area contributed by atoms with Crippen LogP contribution in [-0.2, 0) is 9.53 Å². The van der Waals surface area contributed by atoms with E-state index >= 15 is 0 Å². The van der Waals surface area contributed by atoms with Gasteiger partial charge in [0.2, 0.25) is 0 Å². The third-order valence-electron chi connectivity index (χ3n) is 3.20. The lowest BCUT2D eigenvalue weighted by molar-refractivity contribution is -0.140. The van der Waals surface area contributed by atoms with Crippen molar-refractivity contribution >= 4 is 23.2 Å². The molecular weight excluding hydrogens is 264 g/mol. The van der Waals surface area contributed by atoms with Crippen molar-refractivity contribution in [3.05, 3.63) is 16.1 Å². The molecule has 1 saturated carbocycles. The number of nitrogens with zero attached hydrogens (tertiary/aromatic N) is 2. The number of amides is 1. The van der Waals surface area contributed by atoms with Crippen molar-refractivity contribution in [2.75, 3.05) is 20.7 Å². The van der Waals surface area contributed by atoms with E-state index in [0.717, 1.165) is 23.4 Å². The average molecular weight is 282 g/mol. The topological polar surface area (TPSA) is 59.5 Å². The zero-order valence-corrected chi connectivity index (χ0v) is 12.0. The maximum atomic E-state index is 12.3. The van der Waals surface area contributed by atoms with Crippen LogP contribution in [0.3, 0.4) is 0 Å². The second-order valence-corrected chi connectivity index (χ2v) is 5.60. The highest BCUT2D eigenvalue weighted by Crippen LogP contribution is 2.41. The molecule has 104 valence electrons. The summed E-state index contributed by atoms with van der Waals surface area (Å²) in [5.41, 5.74) is 2.69. The highest BCUT2D eigenvalue weighted by atomic mass is 32.1. The van der Waals surface area contributed by atoms with Gasteiger partial charge in [0.1, 0.15) is 4.88 Å². The number of carbonyl (C=O) groups excluding carboxylic acids is 2. The lowest BCUT2D eigenvalue weighted by Crippen LogP contribution is -2.28. The Morgan fingerprint density at radius 3 is 2.89 bits per heavy atom. The van der Waals surface area contributed by atoms with Gasteiger partial charge in [0.25, 0.3) is 5.91 Å². The van der Waals surface area contributed by atoms with E-state index in [0.29, 0.717) is 25.3 Å². The van der Waals surface area contributed by atoms with E-state index in [1.807, 2.05) is 0 Å². The summed E-state index contributed by atoms with van der Waals surface area (Å²) in [6, 6.07) is 0. The average Bonchev–Trinajstić information content (AvgIpc) is 3.15. The molecule has 2 rings (SSSR count). The van der Waals surface area contributed by atoms with Crippen molar-refractivity contribution in [1.29, 1.82) is 0 Å². The van der Waals surface area contributed by atoms with Gasteiger partial charge >= 0.3 is 5.97 Å². The van der Waals surface area contributed by atoms with Crippen LogP contribution in [0.1, 0.15) is 47.0 Å². The zero-order valence-electron chi connectivity index (χ0n) is 11.2. The second kappa shape index (κ2) is 6.14. The van der Waals surface area contributed by atoms with Gasteiger partial charge < -0.3 is 9.64 Å². The first-order valence-corrected chi connectivity index (χ1v) is 7.27. The first kappa shape index (κ1) is 14.0. The minimum absolute atomic E-state index is 0.00858. The van der Waals surface area contributed by atoms with Gasteiger partial charge in [-0.1, -0.05) is 0 Å². The lowest BCUT2D eigenvalue weighted by Gasteiger charge is -2.16. The number of esters is 1. The Morgan fingerprint density at radius 2 is 2.26 bits per heavy atom. The Balaban J connectivity index is 1.87. The van der Waals surface area contributed by atoms with Crippen LogP contribution in [0.15, 0.2) is 5.51 Å². The van der Waals surface area contributed by atoms with E-state index in [9.17, 15) is 9.59 Å². The highest BCUT2D eigenvalue weighted by Gasteiger charge is 2.31. The molecule has 0 spiro atoms. The predicted octanol–water partition coefficient (Wildman–Crippen LogP) is 2.05. The van der Waals surface area contributed by atoms with Crippen LogP contribution in [0.2, 0.25) is 0 Å². The van der Waals surface area contributed by atoms with Gasteiger partial charge in [-0.15, -0.1) is 11.3 Å². The molecule has 1 aliphatic carbocycles. The Bertz CT molecular complexity index is 468. The summed E-state index contributed by atoms with van der Waals surface area (Å²) in [5, 5.41) is 0. The Kier molecular flexibility index (Phi) is 4.52. The minimum atomic E-state index is -0.239. The summed E-state index contributed by atoms with van der Waals surface area (Å²) in [6.07, 6.45) is 3.23. The normalized spacial score (nSPS) is 14.2. The van der Waals surface area contributed by atoms with E-state index < -0.39 is 0 Å². The smallest absolute Gasteiger partial charge is 0.305 e. The first-order valence-electron chi connectivity index (χ1n) is 6.39. The van der Waals surface area contributed by atoms with Crippen molar-refractivity contribution in [2.45, 2.75) is 31.6 Å².